The van der Waals surface area contributed by atoms with E-state index in [2.05, 4.69) is 5.32 Å². The molecular weight excluding hydrogens is 230 g/mol. The molecule has 104 valence electrons. The normalized spacial score (nSPS) is 33.1. The van der Waals surface area contributed by atoms with Crippen LogP contribution in [0.4, 0.5) is 0 Å². The van der Waals surface area contributed by atoms with Crippen molar-refractivity contribution < 1.29 is 9.90 Å². The number of carbonyl (C=O) groups excluding carboxylic acids is 1. The van der Waals surface area contributed by atoms with Crippen LogP contribution in [0.2, 0.25) is 0 Å². The van der Waals surface area contributed by atoms with Crippen LogP contribution in [0.1, 0.15) is 26.2 Å². The predicted octanol–water partition coefficient (Wildman–Crippen LogP) is -0.346. The van der Waals surface area contributed by atoms with E-state index in [-0.39, 0.29) is 11.9 Å². The van der Waals surface area contributed by atoms with Gasteiger partial charge in [0.05, 0.1) is 18.2 Å². The van der Waals surface area contributed by atoms with Gasteiger partial charge in [0.1, 0.15) is 0 Å². The van der Waals surface area contributed by atoms with Gasteiger partial charge in [-0.25, -0.2) is 0 Å². The van der Waals surface area contributed by atoms with Crippen molar-refractivity contribution in [3.63, 3.8) is 0 Å². The zero-order chi connectivity index (χ0) is 13.2. The van der Waals surface area contributed by atoms with Crippen LogP contribution in [-0.4, -0.2) is 72.2 Å². The molecule has 2 atom stereocenters. The van der Waals surface area contributed by atoms with Crippen molar-refractivity contribution in [2.75, 3.05) is 39.8 Å². The van der Waals surface area contributed by atoms with E-state index in [4.69, 9.17) is 0 Å². The van der Waals surface area contributed by atoms with Gasteiger partial charge in [0.2, 0.25) is 5.91 Å². The maximum Gasteiger partial charge on any atom is 0.236 e. The van der Waals surface area contributed by atoms with Gasteiger partial charge in [-0.3, -0.25) is 9.69 Å². The Kier molecular flexibility index (Phi) is 4.25. The molecule has 2 unspecified atom stereocenters. The molecule has 0 aromatic carbocycles. The molecule has 2 aliphatic rings. The average molecular weight is 255 g/mol. The third-order valence-corrected chi connectivity index (χ3v) is 4.24. The molecule has 0 aromatic rings. The second-order valence-corrected chi connectivity index (χ2v) is 5.83. The molecule has 18 heavy (non-hydrogen) atoms. The molecule has 0 bridgehead atoms. The molecule has 2 N–H and O–H groups in total. The summed E-state index contributed by atoms with van der Waals surface area (Å²) in [6, 6.07) is 0.0119. The third-order valence-electron chi connectivity index (χ3n) is 4.24. The maximum atomic E-state index is 12.1. The summed E-state index contributed by atoms with van der Waals surface area (Å²) in [7, 11) is 1.93. The molecule has 1 amide bonds. The predicted molar refractivity (Wildman–Crippen MR) is 70.3 cm³/mol. The molecule has 2 saturated heterocycles. The van der Waals surface area contributed by atoms with E-state index < -0.39 is 5.60 Å². The number of rotatable bonds is 3. The summed E-state index contributed by atoms with van der Waals surface area (Å²) < 4.78 is 0. The van der Waals surface area contributed by atoms with Crippen LogP contribution in [-0.2, 0) is 4.79 Å². The quantitative estimate of drug-likeness (QED) is 0.724. The van der Waals surface area contributed by atoms with Gasteiger partial charge >= 0.3 is 0 Å². The van der Waals surface area contributed by atoms with Crippen LogP contribution < -0.4 is 5.32 Å². The van der Waals surface area contributed by atoms with Gasteiger partial charge in [0.25, 0.3) is 0 Å². The first-order chi connectivity index (χ1) is 8.50. The Morgan fingerprint density at radius 1 is 1.50 bits per heavy atom. The van der Waals surface area contributed by atoms with Crippen LogP contribution in [0.15, 0.2) is 0 Å². The second-order valence-electron chi connectivity index (χ2n) is 5.83. The van der Waals surface area contributed by atoms with E-state index in [0.29, 0.717) is 6.54 Å². The van der Waals surface area contributed by atoms with Gasteiger partial charge in [0, 0.05) is 19.6 Å². The highest BCUT2D eigenvalue weighted by atomic mass is 16.3. The highest BCUT2D eigenvalue weighted by Crippen LogP contribution is 2.21. The number of hydrogen-bond acceptors (Lipinski definition) is 4. The fourth-order valence-electron chi connectivity index (χ4n) is 2.99. The number of aliphatic hydroxyl groups is 1. The first-order valence-electron chi connectivity index (χ1n) is 6.92. The highest BCUT2D eigenvalue weighted by Gasteiger charge is 2.37. The van der Waals surface area contributed by atoms with Gasteiger partial charge < -0.3 is 15.3 Å². The van der Waals surface area contributed by atoms with Crippen molar-refractivity contribution in [3.8, 4) is 0 Å². The summed E-state index contributed by atoms with van der Waals surface area (Å²) >= 11 is 0. The summed E-state index contributed by atoms with van der Waals surface area (Å²) in [4.78, 5) is 16.0. The van der Waals surface area contributed by atoms with Crippen molar-refractivity contribution >= 4 is 5.91 Å². The molecule has 0 radical (unpaired) electrons. The Labute approximate surface area is 109 Å². The Morgan fingerprint density at radius 3 is 2.78 bits per heavy atom. The average Bonchev–Trinajstić information content (AvgIpc) is 2.81. The van der Waals surface area contributed by atoms with Crippen molar-refractivity contribution in [2.45, 2.75) is 37.8 Å². The first kappa shape index (κ1) is 13.8. The number of piperidine rings is 1. The van der Waals surface area contributed by atoms with E-state index in [9.17, 15) is 9.90 Å². The van der Waals surface area contributed by atoms with Gasteiger partial charge in [-0.05, 0) is 39.8 Å². The number of amides is 1. The lowest BCUT2D eigenvalue weighted by Gasteiger charge is -2.42. The van der Waals surface area contributed by atoms with E-state index >= 15 is 0 Å². The molecule has 2 fully saturated rings. The Balaban J connectivity index is 1.89. The number of likely N-dealkylation sites (tertiary alicyclic amines) is 1. The van der Waals surface area contributed by atoms with Crippen molar-refractivity contribution in [1.29, 1.82) is 0 Å². The summed E-state index contributed by atoms with van der Waals surface area (Å²) in [5, 5.41) is 13.7. The second kappa shape index (κ2) is 5.55. The number of likely N-dealkylation sites (N-methyl/N-ethyl adjacent to an activating group) is 1. The third kappa shape index (κ3) is 3.02. The van der Waals surface area contributed by atoms with Gasteiger partial charge in [-0.1, -0.05) is 0 Å². The maximum absolute atomic E-state index is 12.1. The number of hydrogen-bond donors (Lipinski definition) is 2. The molecule has 0 spiro atoms. The van der Waals surface area contributed by atoms with Crippen LogP contribution in [0.5, 0.6) is 0 Å². The summed E-state index contributed by atoms with van der Waals surface area (Å²) in [5.74, 6) is 0.191. The Hall–Kier alpha value is -0.650. The molecule has 5 nitrogen and oxygen atoms in total. The lowest BCUT2D eigenvalue weighted by Crippen LogP contribution is -2.60. The highest BCUT2D eigenvalue weighted by molar-refractivity contribution is 5.78. The zero-order valence-corrected chi connectivity index (χ0v) is 11.5. The molecule has 2 heterocycles. The van der Waals surface area contributed by atoms with Crippen molar-refractivity contribution in [3.05, 3.63) is 0 Å². The molecule has 2 aliphatic heterocycles. The van der Waals surface area contributed by atoms with E-state index in [1.165, 1.54) is 0 Å². The number of nitrogens with one attached hydrogen (secondary N) is 1. The largest absolute Gasteiger partial charge is 0.388 e. The lowest BCUT2D eigenvalue weighted by molar-refractivity contribution is -0.133. The molecule has 0 saturated carbocycles. The Bertz CT molecular complexity index is 301. The molecule has 2 rings (SSSR count). The molecule has 0 aliphatic carbocycles. The van der Waals surface area contributed by atoms with Gasteiger partial charge in [-0.2, -0.15) is 0 Å². The Morgan fingerprint density at radius 2 is 2.17 bits per heavy atom. The minimum Gasteiger partial charge on any atom is -0.388 e. The number of carbonyl (C=O) groups is 1. The van der Waals surface area contributed by atoms with Crippen molar-refractivity contribution in [2.24, 2.45) is 0 Å². The van der Waals surface area contributed by atoms with E-state index in [1.807, 2.05) is 23.8 Å². The summed E-state index contributed by atoms with van der Waals surface area (Å²) in [5.41, 5.74) is -0.703. The first-order valence-corrected chi connectivity index (χ1v) is 6.92. The minimum absolute atomic E-state index is 0.0119. The van der Waals surface area contributed by atoms with Crippen LogP contribution in [0.3, 0.4) is 0 Å². The molecule has 0 aromatic heterocycles. The smallest absolute Gasteiger partial charge is 0.236 e. The SMILES string of the molecule is CN(CC(=O)N1CCCC1)C1CNCCC1(C)O. The number of nitrogens with zero attached hydrogens (tertiary/aromatic N) is 2. The van der Waals surface area contributed by atoms with Gasteiger partial charge in [0.15, 0.2) is 0 Å². The zero-order valence-electron chi connectivity index (χ0n) is 11.5. The van der Waals surface area contributed by atoms with Gasteiger partial charge in [-0.15, -0.1) is 0 Å². The van der Waals surface area contributed by atoms with Crippen molar-refractivity contribution in [1.82, 2.24) is 15.1 Å². The topological polar surface area (TPSA) is 55.8 Å². The molecular formula is C13H25N3O2. The van der Waals surface area contributed by atoms with E-state index in [0.717, 1.165) is 45.4 Å². The monoisotopic (exact) mass is 255 g/mol. The van der Waals surface area contributed by atoms with E-state index in [1.54, 1.807) is 0 Å². The molecule has 5 heteroatoms. The lowest BCUT2D eigenvalue weighted by atomic mass is 9.88. The summed E-state index contributed by atoms with van der Waals surface area (Å²) in [6.45, 7) is 5.66. The van der Waals surface area contributed by atoms with Crippen LogP contribution in [0.25, 0.3) is 0 Å². The fourth-order valence-corrected chi connectivity index (χ4v) is 2.99. The van der Waals surface area contributed by atoms with Crippen LogP contribution in [0, 0.1) is 0 Å². The summed E-state index contributed by atoms with van der Waals surface area (Å²) in [6.07, 6.45) is 2.98. The van der Waals surface area contributed by atoms with Crippen LogP contribution >= 0.6 is 0 Å². The minimum atomic E-state index is -0.703. The fraction of sp³-hybridized carbons (Fsp3) is 0.923. The standard InChI is InChI=1S/C13H25N3O2/c1-13(18)5-6-14-9-11(13)15(2)10-12(17)16-7-3-4-8-16/h11,14,18H,3-10H2,1-2H3.